The Labute approximate surface area is 54.9 Å². The maximum Gasteiger partial charge on any atom is 0.162 e. The van der Waals surface area contributed by atoms with Gasteiger partial charge in [0.1, 0.15) is 6.10 Å². The topological polar surface area (TPSA) is 37.3 Å². The molecule has 1 N–H and O–H groups in total. The molecule has 0 heterocycles. The van der Waals surface area contributed by atoms with Gasteiger partial charge in [-0.25, -0.2) is 0 Å². The normalized spacial score (nSPS) is 33.2. The fraction of sp³-hybridized carbons (Fsp3) is 0.714. The van der Waals surface area contributed by atoms with E-state index in [1.807, 2.05) is 20.3 Å². The summed E-state index contributed by atoms with van der Waals surface area (Å²) in [5.41, 5.74) is -0.295. The molecular weight excluding hydrogens is 116 g/mol. The first-order valence-electron chi connectivity index (χ1n) is 3.09. The average molecular weight is 127 g/mol. The maximum atomic E-state index is 10.7. The molecule has 0 aromatic rings. The molecule has 1 atom stereocenters. The first-order chi connectivity index (χ1) is 4.04. The summed E-state index contributed by atoms with van der Waals surface area (Å²) in [6.45, 7) is 3.73. The Morgan fingerprint density at radius 3 is 2.44 bits per heavy atom. The molecule has 0 amide bonds. The molecule has 0 aliphatic heterocycles. The zero-order valence-electron chi connectivity index (χ0n) is 5.72. The van der Waals surface area contributed by atoms with Gasteiger partial charge in [-0.3, -0.25) is 4.79 Å². The van der Waals surface area contributed by atoms with Crippen molar-refractivity contribution < 1.29 is 9.90 Å². The number of ketones is 1. The quantitative estimate of drug-likeness (QED) is 0.516. The number of aliphatic hydroxyl groups is 1. The summed E-state index contributed by atoms with van der Waals surface area (Å²) in [5, 5.41) is 9.14. The van der Waals surface area contributed by atoms with Crippen LogP contribution >= 0.6 is 0 Å². The van der Waals surface area contributed by atoms with Crippen LogP contribution in [0.4, 0.5) is 0 Å². The lowest BCUT2D eigenvalue weighted by Crippen LogP contribution is -2.27. The molecule has 0 aromatic carbocycles. The van der Waals surface area contributed by atoms with Crippen molar-refractivity contribution in [1.29, 1.82) is 0 Å². The highest BCUT2D eigenvalue weighted by Gasteiger charge is 2.39. The zero-order valence-corrected chi connectivity index (χ0v) is 5.72. The van der Waals surface area contributed by atoms with Crippen molar-refractivity contribution in [1.82, 2.24) is 0 Å². The summed E-state index contributed by atoms with van der Waals surface area (Å²) in [7, 11) is 0. The molecule has 1 aliphatic rings. The van der Waals surface area contributed by atoms with Crippen LogP contribution in [-0.2, 0) is 4.79 Å². The van der Waals surface area contributed by atoms with Crippen LogP contribution in [0, 0.1) is 11.8 Å². The van der Waals surface area contributed by atoms with Crippen molar-refractivity contribution in [3.63, 3.8) is 0 Å². The summed E-state index contributed by atoms with van der Waals surface area (Å²) in [6, 6.07) is 0. The van der Waals surface area contributed by atoms with Crippen LogP contribution in [0.5, 0.6) is 0 Å². The van der Waals surface area contributed by atoms with Crippen LogP contribution in [0.15, 0.2) is 0 Å². The van der Waals surface area contributed by atoms with Gasteiger partial charge in [0.15, 0.2) is 5.78 Å². The lowest BCUT2D eigenvalue weighted by molar-refractivity contribution is -0.126. The Balaban J connectivity index is 2.73. The summed E-state index contributed by atoms with van der Waals surface area (Å²) < 4.78 is 0. The standard InChI is InChI=1S/C7H11O2/c1-7(2)4-3-5(8)6(7)9/h4,6,9H,3H2,1-2H3. The molecule has 0 saturated heterocycles. The maximum absolute atomic E-state index is 10.7. The molecular formula is C7H11O2. The van der Waals surface area contributed by atoms with Crippen LogP contribution < -0.4 is 0 Å². The SMILES string of the molecule is CC1(C)[CH]CC(=O)C1O. The first-order valence-corrected chi connectivity index (χ1v) is 3.09. The highest BCUT2D eigenvalue weighted by Crippen LogP contribution is 2.33. The van der Waals surface area contributed by atoms with E-state index < -0.39 is 6.10 Å². The second kappa shape index (κ2) is 1.81. The minimum Gasteiger partial charge on any atom is -0.385 e. The first kappa shape index (κ1) is 6.75. The summed E-state index contributed by atoms with van der Waals surface area (Å²) in [6.07, 6.45) is 1.52. The summed E-state index contributed by atoms with van der Waals surface area (Å²) in [4.78, 5) is 10.7. The van der Waals surface area contributed by atoms with Crippen LogP contribution in [-0.4, -0.2) is 17.0 Å². The van der Waals surface area contributed by atoms with Gasteiger partial charge in [0, 0.05) is 11.8 Å². The van der Waals surface area contributed by atoms with Gasteiger partial charge in [0.05, 0.1) is 0 Å². The molecule has 1 fully saturated rings. The lowest BCUT2D eigenvalue weighted by Gasteiger charge is -2.19. The number of hydrogen-bond acceptors (Lipinski definition) is 2. The highest BCUT2D eigenvalue weighted by molar-refractivity contribution is 5.87. The van der Waals surface area contributed by atoms with Crippen molar-refractivity contribution in [2.24, 2.45) is 5.41 Å². The lowest BCUT2D eigenvalue weighted by atomic mass is 9.89. The third kappa shape index (κ3) is 0.990. The molecule has 51 valence electrons. The molecule has 2 heteroatoms. The molecule has 1 aliphatic carbocycles. The Morgan fingerprint density at radius 2 is 2.33 bits per heavy atom. The number of carbonyl (C=O) groups is 1. The smallest absolute Gasteiger partial charge is 0.162 e. The van der Waals surface area contributed by atoms with Gasteiger partial charge >= 0.3 is 0 Å². The fourth-order valence-corrected chi connectivity index (χ4v) is 1.00. The molecule has 0 bridgehead atoms. The molecule has 2 nitrogen and oxygen atoms in total. The predicted molar refractivity (Wildman–Crippen MR) is 33.7 cm³/mol. The summed E-state index contributed by atoms with van der Waals surface area (Å²) >= 11 is 0. The van der Waals surface area contributed by atoms with E-state index in [-0.39, 0.29) is 11.2 Å². The third-order valence-electron chi connectivity index (χ3n) is 1.84. The second-order valence-electron chi connectivity index (χ2n) is 3.10. The largest absolute Gasteiger partial charge is 0.385 e. The Hall–Kier alpha value is -0.370. The molecule has 1 rings (SSSR count). The fourth-order valence-electron chi connectivity index (χ4n) is 1.00. The van der Waals surface area contributed by atoms with Gasteiger partial charge in [-0.05, 0) is 6.42 Å². The average Bonchev–Trinajstić information content (AvgIpc) is 1.97. The van der Waals surface area contributed by atoms with Crippen molar-refractivity contribution in [2.45, 2.75) is 26.4 Å². The van der Waals surface area contributed by atoms with Gasteiger partial charge in [-0.15, -0.1) is 0 Å². The van der Waals surface area contributed by atoms with Crippen molar-refractivity contribution in [3.8, 4) is 0 Å². The second-order valence-corrected chi connectivity index (χ2v) is 3.10. The van der Waals surface area contributed by atoms with Crippen LogP contribution in [0.2, 0.25) is 0 Å². The molecule has 1 unspecified atom stereocenters. The van der Waals surface area contributed by atoms with E-state index in [9.17, 15) is 4.79 Å². The Morgan fingerprint density at radius 1 is 1.78 bits per heavy atom. The summed E-state index contributed by atoms with van der Waals surface area (Å²) in [5.74, 6) is -0.0556. The van der Waals surface area contributed by atoms with E-state index in [1.165, 1.54) is 0 Å². The van der Waals surface area contributed by atoms with Crippen LogP contribution in [0.1, 0.15) is 20.3 Å². The minimum absolute atomic E-state index is 0.0556. The molecule has 0 aromatic heterocycles. The number of carbonyl (C=O) groups excluding carboxylic acids is 1. The van der Waals surface area contributed by atoms with E-state index in [4.69, 9.17) is 5.11 Å². The van der Waals surface area contributed by atoms with Crippen LogP contribution in [0.3, 0.4) is 0 Å². The van der Waals surface area contributed by atoms with E-state index in [2.05, 4.69) is 0 Å². The molecule has 9 heavy (non-hydrogen) atoms. The van der Waals surface area contributed by atoms with Gasteiger partial charge in [-0.2, -0.15) is 0 Å². The molecule has 1 saturated carbocycles. The Kier molecular flexibility index (Phi) is 1.35. The van der Waals surface area contributed by atoms with Gasteiger partial charge < -0.3 is 5.11 Å². The third-order valence-corrected chi connectivity index (χ3v) is 1.84. The number of aliphatic hydroxyl groups excluding tert-OH is 1. The molecule has 1 radical (unpaired) electrons. The monoisotopic (exact) mass is 127 g/mol. The van der Waals surface area contributed by atoms with E-state index in [0.29, 0.717) is 6.42 Å². The Bertz CT molecular complexity index is 138. The van der Waals surface area contributed by atoms with Gasteiger partial charge in [0.2, 0.25) is 0 Å². The number of Topliss-reactive ketones (excluding diaryl/α,β-unsaturated/α-hetero) is 1. The van der Waals surface area contributed by atoms with Crippen molar-refractivity contribution >= 4 is 5.78 Å². The van der Waals surface area contributed by atoms with Gasteiger partial charge in [-0.1, -0.05) is 13.8 Å². The van der Waals surface area contributed by atoms with Crippen LogP contribution in [0.25, 0.3) is 0 Å². The minimum atomic E-state index is -0.766. The van der Waals surface area contributed by atoms with E-state index in [1.54, 1.807) is 0 Å². The van der Waals surface area contributed by atoms with E-state index >= 15 is 0 Å². The number of hydrogen-bond donors (Lipinski definition) is 1. The zero-order chi connectivity index (χ0) is 7.07. The number of rotatable bonds is 0. The van der Waals surface area contributed by atoms with Crippen molar-refractivity contribution in [3.05, 3.63) is 6.42 Å². The van der Waals surface area contributed by atoms with Gasteiger partial charge in [0.25, 0.3) is 0 Å². The van der Waals surface area contributed by atoms with E-state index in [0.717, 1.165) is 0 Å². The molecule has 0 spiro atoms. The van der Waals surface area contributed by atoms with Crippen molar-refractivity contribution in [2.75, 3.05) is 0 Å². The predicted octanol–water partition coefficient (Wildman–Crippen LogP) is 0.551. The highest BCUT2D eigenvalue weighted by atomic mass is 16.3.